The van der Waals surface area contributed by atoms with Crippen molar-refractivity contribution in [3.05, 3.63) is 72.0 Å². The van der Waals surface area contributed by atoms with Crippen molar-refractivity contribution >= 4 is 23.1 Å². The lowest BCUT2D eigenvalue weighted by Gasteiger charge is -2.08. The maximum absolute atomic E-state index is 6.06. The van der Waals surface area contributed by atoms with Crippen LogP contribution in [0, 0.1) is 0 Å². The molecule has 24 heavy (non-hydrogen) atoms. The van der Waals surface area contributed by atoms with Gasteiger partial charge in [0.05, 0.1) is 11.9 Å². The monoisotopic (exact) mass is 336 g/mol. The van der Waals surface area contributed by atoms with E-state index in [0.717, 1.165) is 28.4 Å². The third-order valence-corrected chi connectivity index (χ3v) is 3.84. The molecule has 0 saturated carbocycles. The Hall–Kier alpha value is -2.99. The van der Waals surface area contributed by atoms with Gasteiger partial charge in [0.15, 0.2) is 5.65 Å². The lowest BCUT2D eigenvalue weighted by Crippen LogP contribution is -2.03. The molecule has 0 aliphatic rings. The van der Waals surface area contributed by atoms with Crippen LogP contribution < -0.4 is 5.32 Å². The molecule has 0 bridgehead atoms. The van der Waals surface area contributed by atoms with Crippen LogP contribution in [0.4, 0.5) is 5.82 Å². The molecule has 0 spiro atoms. The Labute approximate surface area is 143 Å². The Morgan fingerprint density at radius 1 is 1.12 bits per heavy atom. The molecular formula is C17H13ClN6. The van der Waals surface area contributed by atoms with Crippen LogP contribution in [-0.2, 0) is 6.54 Å². The second kappa shape index (κ2) is 6.25. The summed E-state index contributed by atoms with van der Waals surface area (Å²) in [5, 5.41) is 4.15. The van der Waals surface area contributed by atoms with Crippen LogP contribution in [0.5, 0.6) is 0 Å². The van der Waals surface area contributed by atoms with Crippen molar-refractivity contribution in [1.29, 1.82) is 0 Å². The van der Waals surface area contributed by atoms with Crippen LogP contribution in [0.3, 0.4) is 0 Å². The third-order valence-electron chi connectivity index (χ3n) is 3.60. The maximum Gasteiger partial charge on any atom is 0.157 e. The molecule has 4 rings (SSSR count). The zero-order chi connectivity index (χ0) is 16.4. The van der Waals surface area contributed by atoms with E-state index in [0.29, 0.717) is 11.6 Å². The third kappa shape index (κ3) is 2.79. The van der Waals surface area contributed by atoms with Crippen molar-refractivity contribution in [2.24, 2.45) is 0 Å². The highest BCUT2D eigenvalue weighted by Crippen LogP contribution is 2.27. The molecule has 3 heterocycles. The standard InChI is InChI=1S/C17H13ClN6/c18-13-3-1-2-12(8-13)9-21-17-16(14-4-5-20-11-22-14)23-15-10-19-6-7-24(15)17/h1-8,10-11,21H,9H2. The van der Waals surface area contributed by atoms with Crippen molar-refractivity contribution in [3.8, 4) is 11.4 Å². The molecule has 118 valence electrons. The molecule has 0 aliphatic carbocycles. The number of nitrogens with zero attached hydrogens (tertiary/aromatic N) is 5. The highest BCUT2D eigenvalue weighted by Gasteiger charge is 2.14. The summed E-state index contributed by atoms with van der Waals surface area (Å²) in [4.78, 5) is 17.0. The van der Waals surface area contributed by atoms with Crippen LogP contribution in [0.15, 0.2) is 61.4 Å². The average molecular weight is 337 g/mol. The van der Waals surface area contributed by atoms with Gasteiger partial charge in [0.25, 0.3) is 0 Å². The second-order valence-corrected chi connectivity index (χ2v) is 5.63. The summed E-state index contributed by atoms with van der Waals surface area (Å²) in [6.45, 7) is 0.620. The highest BCUT2D eigenvalue weighted by atomic mass is 35.5. The maximum atomic E-state index is 6.06. The average Bonchev–Trinajstić information content (AvgIpc) is 2.99. The quantitative estimate of drug-likeness (QED) is 0.618. The first-order valence-corrected chi connectivity index (χ1v) is 7.76. The number of halogens is 1. The number of aromatic nitrogens is 5. The molecule has 0 fully saturated rings. The zero-order valence-corrected chi connectivity index (χ0v) is 13.4. The Kier molecular flexibility index (Phi) is 3.80. The lowest BCUT2D eigenvalue weighted by atomic mass is 10.2. The van der Waals surface area contributed by atoms with Gasteiger partial charge in [-0.2, -0.15) is 0 Å². The number of fused-ring (bicyclic) bond motifs is 1. The summed E-state index contributed by atoms with van der Waals surface area (Å²) in [5.41, 5.74) is 3.34. The van der Waals surface area contributed by atoms with Crippen molar-refractivity contribution in [2.45, 2.75) is 6.54 Å². The molecule has 0 radical (unpaired) electrons. The van der Waals surface area contributed by atoms with E-state index in [1.54, 1.807) is 18.6 Å². The molecule has 0 saturated heterocycles. The predicted molar refractivity (Wildman–Crippen MR) is 92.8 cm³/mol. The number of hydrogen-bond acceptors (Lipinski definition) is 5. The summed E-state index contributed by atoms with van der Waals surface area (Å²) >= 11 is 6.06. The summed E-state index contributed by atoms with van der Waals surface area (Å²) < 4.78 is 1.95. The van der Waals surface area contributed by atoms with E-state index in [1.165, 1.54) is 6.33 Å². The first kappa shape index (κ1) is 14.6. The predicted octanol–water partition coefficient (Wildman–Crippen LogP) is 3.45. The normalized spacial score (nSPS) is 10.9. The number of imidazole rings is 1. The lowest BCUT2D eigenvalue weighted by molar-refractivity contribution is 1.07. The van der Waals surface area contributed by atoms with Crippen molar-refractivity contribution in [3.63, 3.8) is 0 Å². The first-order chi connectivity index (χ1) is 11.8. The van der Waals surface area contributed by atoms with Gasteiger partial charge in [-0.3, -0.25) is 9.38 Å². The van der Waals surface area contributed by atoms with Crippen LogP contribution >= 0.6 is 11.6 Å². The fourth-order valence-electron chi connectivity index (χ4n) is 2.52. The largest absolute Gasteiger partial charge is 0.365 e. The molecule has 0 unspecified atom stereocenters. The number of benzene rings is 1. The van der Waals surface area contributed by atoms with E-state index in [2.05, 4.69) is 25.3 Å². The molecule has 6 nitrogen and oxygen atoms in total. The van der Waals surface area contributed by atoms with Gasteiger partial charge in [-0.05, 0) is 23.8 Å². The van der Waals surface area contributed by atoms with Gasteiger partial charge in [0.1, 0.15) is 17.8 Å². The Morgan fingerprint density at radius 3 is 2.92 bits per heavy atom. The number of nitrogens with one attached hydrogen (secondary N) is 1. The van der Waals surface area contributed by atoms with Crippen LogP contribution in [0.25, 0.3) is 17.0 Å². The summed E-state index contributed by atoms with van der Waals surface area (Å²) in [6.07, 6.45) is 8.52. The fourth-order valence-corrected chi connectivity index (χ4v) is 2.73. The number of anilines is 1. The van der Waals surface area contributed by atoms with E-state index in [-0.39, 0.29) is 0 Å². The van der Waals surface area contributed by atoms with Gasteiger partial charge >= 0.3 is 0 Å². The Balaban J connectivity index is 1.75. The summed E-state index contributed by atoms with van der Waals surface area (Å²) in [7, 11) is 0. The molecular weight excluding hydrogens is 324 g/mol. The summed E-state index contributed by atoms with van der Waals surface area (Å²) in [5.74, 6) is 0.853. The van der Waals surface area contributed by atoms with Gasteiger partial charge < -0.3 is 5.32 Å². The van der Waals surface area contributed by atoms with E-state index < -0.39 is 0 Å². The van der Waals surface area contributed by atoms with E-state index in [9.17, 15) is 0 Å². The van der Waals surface area contributed by atoms with E-state index in [4.69, 9.17) is 11.6 Å². The van der Waals surface area contributed by atoms with Crippen LogP contribution in [-0.4, -0.2) is 24.3 Å². The minimum atomic E-state index is 0.620. The zero-order valence-electron chi connectivity index (χ0n) is 12.6. The molecule has 0 amide bonds. The summed E-state index contributed by atoms with van der Waals surface area (Å²) in [6, 6.07) is 9.58. The van der Waals surface area contributed by atoms with Gasteiger partial charge in [0.2, 0.25) is 0 Å². The molecule has 3 aromatic heterocycles. The van der Waals surface area contributed by atoms with Crippen molar-refractivity contribution in [2.75, 3.05) is 5.32 Å². The van der Waals surface area contributed by atoms with Crippen LogP contribution in [0.2, 0.25) is 5.02 Å². The first-order valence-electron chi connectivity index (χ1n) is 7.38. The molecule has 1 aromatic carbocycles. The number of hydrogen-bond donors (Lipinski definition) is 1. The number of rotatable bonds is 4. The van der Waals surface area contributed by atoms with Gasteiger partial charge in [-0.25, -0.2) is 15.0 Å². The van der Waals surface area contributed by atoms with Crippen molar-refractivity contribution < 1.29 is 0 Å². The van der Waals surface area contributed by atoms with Crippen LogP contribution in [0.1, 0.15) is 5.56 Å². The molecule has 0 aliphatic heterocycles. The fraction of sp³-hybridized carbons (Fsp3) is 0.0588. The van der Waals surface area contributed by atoms with Crippen molar-refractivity contribution in [1.82, 2.24) is 24.3 Å². The minimum Gasteiger partial charge on any atom is -0.365 e. The van der Waals surface area contributed by atoms with Gasteiger partial charge in [-0.1, -0.05) is 23.7 Å². The second-order valence-electron chi connectivity index (χ2n) is 5.19. The molecule has 1 N–H and O–H groups in total. The highest BCUT2D eigenvalue weighted by molar-refractivity contribution is 6.30. The minimum absolute atomic E-state index is 0.620. The molecule has 0 atom stereocenters. The van der Waals surface area contributed by atoms with E-state index in [1.807, 2.05) is 40.9 Å². The SMILES string of the molecule is Clc1cccc(CNc2c(-c3ccncn3)nc3cnccn23)c1. The Morgan fingerprint density at radius 2 is 2.08 bits per heavy atom. The molecule has 4 aromatic rings. The Bertz CT molecular complexity index is 983. The van der Waals surface area contributed by atoms with Gasteiger partial charge in [-0.15, -0.1) is 0 Å². The van der Waals surface area contributed by atoms with E-state index >= 15 is 0 Å². The molecule has 7 heteroatoms. The van der Waals surface area contributed by atoms with Gasteiger partial charge in [0, 0.05) is 30.2 Å². The topological polar surface area (TPSA) is 68.0 Å². The smallest absolute Gasteiger partial charge is 0.157 e.